The number of hydrogen-bond donors (Lipinski definition) is 0. The van der Waals surface area contributed by atoms with Gasteiger partial charge in [0.05, 0.1) is 25.5 Å². The zero-order valence-electron chi connectivity index (χ0n) is 16.0. The molecule has 2 fully saturated rings. The first-order valence-electron chi connectivity index (χ1n) is 10.00. The second-order valence-corrected chi connectivity index (χ2v) is 7.96. The number of ether oxygens (including phenoxy) is 1. The van der Waals surface area contributed by atoms with Crippen LogP contribution in [0.15, 0.2) is 42.5 Å². The third-order valence-electron chi connectivity index (χ3n) is 5.55. The predicted octanol–water partition coefficient (Wildman–Crippen LogP) is 3.44. The van der Waals surface area contributed by atoms with E-state index in [2.05, 4.69) is 11.0 Å². The number of carbonyl (C=O) groups is 1. The normalized spacial score (nSPS) is 20.9. The number of rotatable bonds is 4. The summed E-state index contributed by atoms with van der Waals surface area (Å²) >= 11 is 6.13. The van der Waals surface area contributed by atoms with Crippen molar-refractivity contribution in [3.63, 3.8) is 0 Å². The summed E-state index contributed by atoms with van der Waals surface area (Å²) in [5.74, 6) is 0.499. The molecule has 0 radical (unpaired) electrons. The summed E-state index contributed by atoms with van der Waals surface area (Å²) in [6.07, 6.45) is 2.08. The highest BCUT2D eigenvalue weighted by atomic mass is 35.5. The van der Waals surface area contributed by atoms with Crippen molar-refractivity contribution < 1.29 is 9.53 Å². The summed E-state index contributed by atoms with van der Waals surface area (Å²) in [5, 5.41) is 0.710. The highest BCUT2D eigenvalue weighted by molar-refractivity contribution is 6.30. The van der Waals surface area contributed by atoms with Gasteiger partial charge in [0.25, 0.3) is 0 Å². The monoisotopic (exact) mass is 399 g/mol. The lowest BCUT2D eigenvalue weighted by Gasteiger charge is -2.35. The molecule has 2 saturated heterocycles. The van der Waals surface area contributed by atoms with Gasteiger partial charge in [-0.15, -0.1) is 0 Å². The Bertz CT molecular complexity index is 823. The lowest BCUT2D eigenvalue weighted by Crippen LogP contribution is -2.47. The Morgan fingerprint density at radius 2 is 1.96 bits per heavy atom. The van der Waals surface area contributed by atoms with Crippen LogP contribution < -0.4 is 0 Å². The molecule has 2 aliphatic rings. The third-order valence-corrected chi connectivity index (χ3v) is 5.78. The van der Waals surface area contributed by atoms with Crippen LogP contribution in [0.25, 0.3) is 11.3 Å². The Kier molecular flexibility index (Phi) is 6.25. The molecule has 0 aliphatic carbocycles. The van der Waals surface area contributed by atoms with Gasteiger partial charge in [-0.1, -0.05) is 29.8 Å². The van der Waals surface area contributed by atoms with Gasteiger partial charge in [-0.05, 0) is 37.1 Å². The fourth-order valence-corrected chi connectivity index (χ4v) is 4.17. The molecular weight excluding hydrogens is 374 g/mol. The van der Waals surface area contributed by atoms with E-state index in [0.717, 1.165) is 69.2 Å². The Morgan fingerprint density at radius 1 is 1.14 bits per heavy atom. The van der Waals surface area contributed by atoms with Gasteiger partial charge in [0.15, 0.2) is 0 Å². The van der Waals surface area contributed by atoms with Crippen LogP contribution in [0.1, 0.15) is 24.5 Å². The second-order valence-electron chi connectivity index (χ2n) is 7.53. The molecule has 1 atom stereocenters. The van der Waals surface area contributed by atoms with Gasteiger partial charge < -0.3 is 9.64 Å². The molecule has 2 aliphatic heterocycles. The molecule has 5 nitrogen and oxygen atoms in total. The number of likely N-dealkylation sites (tertiary alicyclic amines) is 1. The van der Waals surface area contributed by atoms with Crippen molar-refractivity contribution in [2.45, 2.75) is 18.8 Å². The van der Waals surface area contributed by atoms with Gasteiger partial charge in [-0.25, -0.2) is 0 Å². The lowest BCUT2D eigenvalue weighted by molar-refractivity contribution is -0.134. The highest BCUT2D eigenvalue weighted by Crippen LogP contribution is 2.28. The molecule has 1 aromatic carbocycles. The molecule has 0 saturated carbocycles. The first-order chi connectivity index (χ1) is 13.7. The third kappa shape index (κ3) is 4.72. The average molecular weight is 400 g/mol. The molecule has 0 N–H and O–H groups in total. The van der Waals surface area contributed by atoms with Crippen molar-refractivity contribution in [2.75, 3.05) is 45.9 Å². The van der Waals surface area contributed by atoms with Crippen LogP contribution in [-0.4, -0.2) is 66.6 Å². The number of piperidine rings is 1. The number of morpholine rings is 1. The van der Waals surface area contributed by atoms with Crippen molar-refractivity contribution >= 4 is 17.5 Å². The van der Waals surface area contributed by atoms with E-state index in [1.807, 2.05) is 41.3 Å². The zero-order chi connectivity index (χ0) is 19.3. The number of nitrogens with zero attached hydrogens (tertiary/aromatic N) is 3. The number of pyridine rings is 1. The summed E-state index contributed by atoms with van der Waals surface area (Å²) in [6.45, 7) is 5.19. The fourth-order valence-electron chi connectivity index (χ4n) is 3.98. The van der Waals surface area contributed by atoms with E-state index in [9.17, 15) is 4.79 Å². The SMILES string of the molecule is O=C(CN1CCOCC1)N1CCC[C@@H](c2cccc(-c3cccc(Cl)c3)n2)C1. The molecule has 148 valence electrons. The van der Waals surface area contributed by atoms with Crippen molar-refractivity contribution in [1.82, 2.24) is 14.8 Å². The first kappa shape index (κ1) is 19.4. The van der Waals surface area contributed by atoms with Crippen molar-refractivity contribution in [1.29, 1.82) is 0 Å². The number of halogens is 1. The minimum absolute atomic E-state index is 0.220. The van der Waals surface area contributed by atoms with E-state index in [-0.39, 0.29) is 11.8 Å². The van der Waals surface area contributed by atoms with E-state index in [1.165, 1.54) is 0 Å². The van der Waals surface area contributed by atoms with Crippen LogP contribution in [0.3, 0.4) is 0 Å². The quantitative estimate of drug-likeness (QED) is 0.790. The zero-order valence-corrected chi connectivity index (χ0v) is 16.8. The van der Waals surface area contributed by atoms with Crippen LogP contribution in [-0.2, 0) is 9.53 Å². The minimum Gasteiger partial charge on any atom is -0.379 e. The Hall–Kier alpha value is -1.95. The fraction of sp³-hybridized carbons (Fsp3) is 0.455. The summed E-state index contributed by atoms with van der Waals surface area (Å²) < 4.78 is 5.37. The van der Waals surface area contributed by atoms with Crippen LogP contribution in [0.4, 0.5) is 0 Å². The van der Waals surface area contributed by atoms with Gasteiger partial charge in [-0.3, -0.25) is 14.7 Å². The number of carbonyl (C=O) groups excluding carboxylic acids is 1. The van der Waals surface area contributed by atoms with Gasteiger partial charge >= 0.3 is 0 Å². The minimum atomic E-state index is 0.220. The second kappa shape index (κ2) is 9.03. The number of amides is 1. The predicted molar refractivity (Wildman–Crippen MR) is 110 cm³/mol. The van der Waals surface area contributed by atoms with Crippen molar-refractivity contribution in [3.05, 3.63) is 53.2 Å². The van der Waals surface area contributed by atoms with E-state index in [4.69, 9.17) is 21.3 Å². The van der Waals surface area contributed by atoms with Gasteiger partial charge in [-0.2, -0.15) is 0 Å². The molecule has 0 unspecified atom stereocenters. The molecular formula is C22H26ClN3O2. The number of benzene rings is 1. The summed E-state index contributed by atoms with van der Waals surface area (Å²) in [5.41, 5.74) is 3.00. The smallest absolute Gasteiger partial charge is 0.236 e. The Morgan fingerprint density at radius 3 is 2.79 bits per heavy atom. The maximum atomic E-state index is 12.8. The summed E-state index contributed by atoms with van der Waals surface area (Å²) in [7, 11) is 0. The largest absolute Gasteiger partial charge is 0.379 e. The molecule has 6 heteroatoms. The average Bonchev–Trinajstić information content (AvgIpc) is 2.75. The topological polar surface area (TPSA) is 45.7 Å². The first-order valence-corrected chi connectivity index (χ1v) is 10.4. The summed E-state index contributed by atoms with van der Waals surface area (Å²) in [6, 6.07) is 13.9. The van der Waals surface area contributed by atoms with Crippen LogP contribution >= 0.6 is 11.6 Å². The van der Waals surface area contributed by atoms with E-state index < -0.39 is 0 Å². The molecule has 1 aromatic heterocycles. The van der Waals surface area contributed by atoms with E-state index in [0.29, 0.717) is 11.6 Å². The highest BCUT2D eigenvalue weighted by Gasteiger charge is 2.27. The molecule has 3 heterocycles. The van der Waals surface area contributed by atoms with E-state index in [1.54, 1.807) is 0 Å². The Balaban J connectivity index is 1.44. The maximum Gasteiger partial charge on any atom is 0.236 e. The standard InChI is InChI=1S/C22H26ClN3O2/c23-19-6-1-4-17(14-19)20-7-2-8-21(24-20)18-5-3-9-26(15-18)22(27)16-25-10-12-28-13-11-25/h1-2,4,6-8,14,18H,3,5,9-13,15-16H2/t18-/m1/s1. The molecule has 0 spiro atoms. The maximum absolute atomic E-state index is 12.8. The van der Waals surface area contributed by atoms with Crippen LogP contribution in [0, 0.1) is 0 Å². The number of hydrogen-bond acceptors (Lipinski definition) is 4. The summed E-state index contributed by atoms with van der Waals surface area (Å²) in [4.78, 5) is 21.9. The van der Waals surface area contributed by atoms with Crippen LogP contribution in [0.2, 0.25) is 5.02 Å². The van der Waals surface area contributed by atoms with Crippen molar-refractivity contribution in [3.8, 4) is 11.3 Å². The molecule has 0 bridgehead atoms. The Labute approximate surface area is 171 Å². The molecule has 2 aromatic rings. The van der Waals surface area contributed by atoms with Gasteiger partial charge in [0, 0.05) is 48.4 Å². The van der Waals surface area contributed by atoms with Crippen LogP contribution in [0.5, 0.6) is 0 Å². The van der Waals surface area contributed by atoms with Gasteiger partial charge in [0.1, 0.15) is 0 Å². The van der Waals surface area contributed by atoms with Gasteiger partial charge in [0.2, 0.25) is 5.91 Å². The molecule has 28 heavy (non-hydrogen) atoms. The van der Waals surface area contributed by atoms with Crippen molar-refractivity contribution in [2.24, 2.45) is 0 Å². The van der Waals surface area contributed by atoms with E-state index >= 15 is 0 Å². The lowest BCUT2D eigenvalue weighted by atomic mass is 9.93. The molecule has 1 amide bonds. The number of aromatic nitrogens is 1. The molecule has 4 rings (SSSR count).